The smallest absolute Gasteiger partial charge is 0.314 e. The molecule has 0 aromatic carbocycles. The topological polar surface area (TPSA) is 35.5 Å². The maximum Gasteiger partial charge on any atom is 0.314 e. The van der Waals surface area contributed by atoms with Gasteiger partial charge in [0.1, 0.15) is 0 Å². The summed E-state index contributed by atoms with van der Waals surface area (Å²) in [7, 11) is -6.64. The van der Waals surface area contributed by atoms with Gasteiger partial charge in [0, 0.05) is 0 Å². The lowest BCUT2D eigenvalue weighted by molar-refractivity contribution is 0.340. The van der Waals surface area contributed by atoms with Crippen LogP contribution in [-0.4, -0.2) is 22.3 Å². The predicted octanol–water partition coefficient (Wildman–Crippen LogP) is 5.07. The van der Waals surface area contributed by atoms with Crippen LogP contribution in [0.1, 0.15) is 25.7 Å². The van der Waals surface area contributed by atoms with Crippen LogP contribution < -0.4 is 0 Å². The minimum atomic E-state index is -2.93. The Morgan fingerprint density at radius 3 is 1.74 bits per heavy atom. The second-order valence-electron chi connectivity index (χ2n) is 8.19. The van der Waals surface area contributed by atoms with E-state index >= 15 is 0 Å². The molecule has 2 aliphatic carbocycles. The molecule has 0 N–H and O–H groups in total. The molecule has 0 aliphatic heterocycles. The highest BCUT2D eigenvalue weighted by atomic mass is 31.2. The quantitative estimate of drug-likeness (QED) is 0.524. The zero-order valence-corrected chi connectivity index (χ0v) is 16.1. The van der Waals surface area contributed by atoms with Gasteiger partial charge in [-0.2, -0.15) is 0 Å². The van der Waals surface area contributed by atoms with E-state index in [1.807, 2.05) is 0 Å². The molecule has 6 heteroatoms. The Kier molecular flexibility index (Phi) is 4.28. The molecule has 2 rings (SSSR count). The molecular weight excluding hydrogens is 291 g/mol. The first-order valence-electron chi connectivity index (χ1n) is 7.50. The van der Waals surface area contributed by atoms with E-state index in [1.54, 1.807) is 0 Å². The zero-order chi connectivity index (χ0) is 14.5. The monoisotopic (exact) mass is 320 g/mol. The van der Waals surface area contributed by atoms with Crippen molar-refractivity contribution >= 4 is 24.2 Å². The van der Waals surface area contributed by atoms with E-state index in [4.69, 9.17) is 8.43 Å². The lowest BCUT2D eigenvalue weighted by Gasteiger charge is -2.37. The zero-order valence-electron chi connectivity index (χ0n) is 13.2. The summed E-state index contributed by atoms with van der Waals surface area (Å²) in [4.78, 5) is 0. The first-order valence-corrected chi connectivity index (χ1v) is 15.9. The van der Waals surface area contributed by atoms with Crippen molar-refractivity contribution < 1.29 is 13.0 Å². The molecule has 0 heterocycles. The molecule has 0 aromatic rings. The second kappa shape index (κ2) is 5.09. The lowest BCUT2D eigenvalue weighted by atomic mass is 10.0. The van der Waals surface area contributed by atoms with E-state index in [1.165, 1.54) is 19.3 Å². The SMILES string of the molecule is C[Si](C)(C)OP(=O)(O[Si](C)(C)C)[C@H]1C[C@@H]2CC[C@H]1C2. The molecule has 0 amide bonds. The van der Waals surface area contributed by atoms with Crippen LogP contribution in [0, 0.1) is 11.8 Å². The highest BCUT2D eigenvalue weighted by Crippen LogP contribution is 2.66. The maximum absolute atomic E-state index is 13.5. The summed E-state index contributed by atoms with van der Waals surface area (Å²) < 4.78 is 25.8. The largest absolute Gasteiger partial charge is 0.351 e. The Morgan fingerprint density at radius 2 is 1.42 bits per heavy atom. The minimum Gasteiger partial charge on any atom is -0.351 e. The van der Waals surface area contributed by atoms with Crippen molar-refractivity contribution in [3.05, 3.63) is 0 Å². The van der Waals surface area contributed by atoms with Gasteiger partial charge >= 0.3 is 7.60 Å². The fourth-order valence-corrected chi connectivity index (χ4v) is 12.5. The van der Waals surface area contributed by atoms with Crippen LogP contribution in [0.5, 0.6) is 0 Å². The molecular formula is C13H29O3PSi2. The van der Waals surface area contributed by atoms with Crippen LogP contribution in [0.25, 0.3) is 0 Å². The first-order chi connectivity index (χ1) is 8.49. The fourth-order valence-electron chi connectivity index (χ4n) is 3.52. The third-order valence-electron chi connectivity index (χ3n) is 3.91. The van der Waals surface area contributed by atoms with Crippen molar-refractivity contribution in [2.45, 2.75) is 70.6 Å². The number of fused-ring (bicyclic) bond motifs is 2. The molecule has 0 radical (unpaired) electrons. The number of rotatable bonds is 5. The molecule has 3 atom stereocenters. The van der Waals surface area contributed by atoms with Gasteiger partial charge in [0.2, 0.25) is 0 Å². The Hall–Kier alpha value is 0.584. The standard InChI is InChI=1S/C13H29O3PSi2/c1-18(2,3)15-17(14,16-19(4,5)6)13-10-11-7-8-12(13)9-11/h11-13H,7-10H2,1-6H3/t11-,12+,13+/m1/s1. The van der Waals surface area contributed by atoms with E-state index in [0.717, 1.165) is 12.3 Å². The Morgan fingerprint density at radius 1 is 0.895 bits per heavy atom. The molecule has 0 aromatic heterocycles. The van der Waals surface area contributed by atoms with Gasteiger partial charge in [0.15, 0.2) is 16.6 Å². The van der Waals surface area contributed by atoms with E-state index in [2.05, 4.69) is 39.3 Å². The highest BCUT2D eigenvalue weighted by Gasteiger charge is 2.52. The molecule has 2 fully saturated rings. The van der Waals surface area contributed by atoms with Gasteiger partial charge in [-0.25, -0.2) is 0 Å². The van der Waals surface area contributed by atoms with Crippen molar-refractivity contribution in [3.63, 3.8) is 0 Å². The van der Waals surface area contributed by atoms with Crippen LogP contribution in [0.2, 0.25) is 39.3 Å². The Bertz CT molecular complexity index is 366. The summed E-state index contributed by atoms with van der Waals surface area (Å²) in [5.74, 6) is 1.36. The lowest BCUT2D eigenvalue weighted by Crippen LogP contribution is -2.34. The van der Waals surface area contributed by atoms with Gasteiger partial charge in [-0.15, -0.1) is 0 Å². The van der Waals surface area contributed by atoms with Crippen LogP contribution in [0.4, 0.5) is 0 Å². The van der Waals surface area contributed by atoms with Crippen molar-refractivity contribution in [1.82, 2.24) is 0 Å². The van der Waals surface area contributed by atoms with Gasteiger partial charge in [-0.05, 0) is 70.4 Å². The Balaban J connectivity index is 2.21. The van der Waals surface area contributed by atoms with Gasteiger partial charge < -0.3 is 8.43 Å². The fraction of sp³-hybridized carbons (Fsp3) is 1.00. The molecule has 112 valence electrons. The van der Waals surface area contributed by atoms with Crippen molar-refractivity contribution in [2.24, 2.45) is 11.8 Å². The third-order valence-corrected chi connectivity index (χ3v) is 11.8. The van der Waals surface area contributed by atoms with Gasteiger partial charge in [-0.3, -0.25) is 4.57 Å². The minimum absolute atomic E-state index is 0.185. The summed E-state index contributed by atoms with van der Waals surface area (Å²) in [5, 5.41) is 0. The summed E-state index contributed by atoms with van der Waals surface area (Å²) in [6, 6.07) is 0. The van der Waals surface area contributed by atoms with Crippen molar-refractivity contribution in [3.8, 4) is 0 Å². The number of hydrogen-bond donors (Lipinski definition) is 0. The normalized spacial score (nSPS) is 32.0. The molecule has 19 heavy (non-hydrogen) atoms. The molecule has 2 aliphatic rings. The van der Waals surface area contributed by atoms with Crippen LogP contribution in [0.3, 0.4) is 0 Å². The van der Waals surface area contributed by atoms with Gasteiger partial charge in [0.25, 0.3) is 0 Å². The van der Waals surface area contributed by atoms with Crippen LogP contribution >= 0.6 is 7.60 Å². The van der Waals surface area contributed by atoms with E-state index in [9.17, 15) is 4.57 Å². The molecule has 0 spiro atoms. The average Bonchev–Trinajstić information content (AvgIpc) is 2.70. The highest BCUT2D eigenvalue weighted by molar-refractivity contribution is 7.57. The molecule has 2 saturated carbocycles. The maximum atomic E-state index is 13.5. The van der Waals surface area contributed by atoms with E-state index < -0.39 is 24.2 Å². The average molecular weight is 321 g/mol. The van der Waals surface area contributed by atoms with Crippen molar-refractivity contribution in [2.75, 3.05) is 0 Å². The first kappa shape index (κ1) is 16.0. The van der Waals surface area contributed by atoms with Crippen LogP contribution in [0.15, 0.2) is 0 Å². The Labute approximate surface area is 120 Å². The molecule has 3 nitrogen and oxygen atoms in total. The molecule has 0 unspecified atom stereocenters. The second-order valence-corrected chi connectivity index (χ2v) is 19.8. The summed E-state index contributed by atoms with van der Waals surface area (Å²) >= 11 is 0. The summed E-state index contributed by atoms with van der Waals surface area (Å²) in [6.45, 7) is 12.7. The summed E-state index contributed by atoms with van der Waals surface area (Å²) in [6.07, 6.45) is 4.86. The number of hydrogen-bond acceptors (Lipinski definition) is 3. The van der Waals surface area contributed by atoms with Gasteiger partial charge in [0.05, 0.1) is 5.66 Å². The third kappa shape index (κ3) is 4.04. The summed E-state index contributed by atoms with van der Waals surface area (Å²) in [5.41, 5.74) is 0.185. The van der Waals surface area contributed by atoms with E-state index in [-0.39, 0.29) is 5.66 Å². The van der Waals surface area contributed by atoms with Crippen LogP contribution in [-0.2, 0) is 13.0 Å². The predicted molar refractivity (Wildman–Crippen MR) is 85.7 cm³/mol. The van der Waals surface area contributed by atoms with Gasteiger partial charge in [-0.1, -0.05) is 6.42 Å². The molecule has 0 saturated heterocycles. The van der Waals surface area contributed by atoms with Crippen molar-refractivity contribution in [1.29, 1.82) is 0 Å². The molecule has 2 bridgehead atoms. The van der Waals surface area contributed by atoms with E-state index in [0.29, 0.717) is 5.92 Å².